The normalized spacial score (nSPS) is 11.1. The SMILES string of the molecule is CC(=O)NN[N+](C)(C)C. The van der Waals surface area contributed by atoms with Crippen molar-refractivity contribution in [1.82, 2.24) is 11.0 Å². The van der Waals surface area contributed by atoms with Gasteiger partial charge in [0.1, 0.15) is 0 Å². The molecule has 0 spiro atoms. The molecule has 0 fully saturated rings. The van der Waals surface area contributed by atoms with E-state index in [2.05, 4.69) is 11.0 Å². The second-order valence-corrected chi connectivity index (χ2v) is 2.81. The Bertz CT molecular complexity index is 105. The predicted octanol–water partition coefficient (Wildman–Crippen LogP) is -0.752. The van der Waals surface area contributed by atoms with E-state index in [1.807, 2.05) is 21.1 Å². The number of hydrogen-bond acceptors (Lipinski definition) is 2. The van der Waals surface area contributed by atoms with Crippen LogP contribution >= 0.6 is 0 Å². The molecule has 1 amide bonds. The van der Waals surface area contributed by atoms with Gasteiger partial charge in [-0.05, 0) is 0 Å². The summed E-state index contributed by atoms with van der Waals surface area (Å²) in [5, 5.41) is 0. The number of quaternary nitrogens is 1. The van der Waals surface area contributed by atoms with Crippen LogP contribution in [0.5, 0.6) is 0 Å². The third-order valence-electron chi connectivity index (χ3n) is 0.567. The summed E-state index contributed by atoms with van der Waals surface area (Å²) in [4.78, 5) is 10.3. The number of nitrogens with one attached hydrogen (secondary N) is 2. The molecule has 2 N–H and O–H groups in total. The molecule has 0 aromatic heterocycles. The van der Waals surface area contributed by atoms with Gasteiger partial charge in [0.2, 0.25) is 5.91 Å². The maximum absolute atomic E-state index is 10.3. The van der Waals surface area contributed by atoms with Gasteiger partial charge in [-0.2, -0.15) is 0 Å². The Morgan fingerprint density at radius 2 is 1.78 bits per heavy atom. The molecule has 54 valence electrons. The van der Waals surface area contributed by atoms with Gasteiger partial charge in [-0.3, -0.25) is 4.79 Å². The Morgan fingerprint density at radius 3 is 1.89 bits per heavy atom. The van der Waals surface area contributed by atoms with E-state index in [-0.39, 0.29) is 5.91 Å². The first-order valence-electron chi connectivity index (χ1n) is 2.77. The molecule has 9 heavy (non-hydrogen) atoms. The van der Waals surface area contributed by atoms with Crippen LogP contribution in [-0.2, 0) is 4.79 Å². The van der Waals surface area contributed by atoms with Gasteiger partial charge in [-0.15, -0.1) is 0 Å². The third-order valence-corrected chi connectivity index (χ3v) is 0.567. The average molecular weight is 132 g/mol. The first-order chi connectivity index (χ1) is 3.92. The first-order valence-corrected chi connectivity index (χ1v) is 2.77. The van der Waals surface area contributed by atoms with E-state index >= 15 is 0 Å². The van der Waals surface area contributed by atoms with Crippen LogP contribution in [0, 0.1) is 0 Å². The highest BCUT2D eigenvalue weighted by Gasteiger charge is 2.04. The van der Waals surface area contributed by atoms with Crippen LogP contribution in [0.4, 0.5) is 0 Å². The zero-order valence-electron chi connectivity index (χ0n) is 6.36. The molecule has 0 bridgehead atoms. The number of hydrogen-bond donors (Lipinski definition) is 2. The highest BCUT2D eigenvalue weighted by Crippen LogP contribution is 1.75. The van der Waals surface area contributed by atoms with Crippen LogP contribution in [0.2, 0.25) is 0 Å². The maximum atomic E-state index is 10.3. The van der Waals surface area contributed by atoms with Crippen molar-refractivity contribution in [3.8, 4) is 0 Å². The van der Waals surface area contributed by atoms with E-state index in [4.69, 9.17) is 0 Å². The molecule has 0 rings (SSSR count). The van der Waals surface area contributed by atoms with Crippen molar-refractivity contribution in [2.75, 3.05) is 21.1 Å². The molecule has 4 heteroatoms. The van der Waals surface area contributed by atoms with Gasteiger partial charge in [0, 0.05) is 6.92 Å². The van der Waals surface area contributed by atoms with Crippen LogP contribution in [0.25, 0.3) is 0 Å². The molecule has 0 atom stereocenters. The van der Waals surface area contributed by atoms with Crippen molar-refractivity contribution in [1.29, 1.82) is 0 Å². The minimum atomic E-state index is -0.0805. The average Bonchev–Trinajstić information content (AvgIpc) is 1.59. The number of amides is 1. The molecule has 0 aromatic rings. The zero-order valence-corrected chi connectivity index (χ0v) is 6.36. The number of carbonyl (C=O) groups is 1. The molecule has 0 aromatic carbocycles. The van der Waals surface area contributed by atoms with Gasteiger partial charge in [0.05, 0.1) is 21.1 Å². The van der Waals surface area contributed by atoms with E-state index in [0.29, 0.717) is 4.59 Å². The van der Waals surface area contributed by atoms with Gasteiger partial charge in [-0.1, -0.05) is 5.53 Å². The van der Waals surface area contributed by atoms with Crippen molar-refractivity contribution in [2.24, 2.45) is 0 Å². The molecule has 0 aliphatic rings. The minimum absolute atomic E-state index is 0.0805. The van der Waals surface area contributed by atoms with Crippen LogP contribution in [0.1, 0.15) is 6.92 Å². The fraction of sp³-hybridized carbons (Fsp3) is 0.800. The number of nitrogens with zero attached hydrogens (tertiary/aromatic N) is 1. The molecule has 0 radical (unpaired) electrons. The fourth-order valence-electron chi connectivity index (χ4n) is 0.246. The van der Waals surface area contributed by atoms with Crippen molar-refractivity contribution >= 4 is 5.91 Å². The molecule has 0 aliphatic heterocycles. The summed E-state index contributed by atoms with van der Waals surface area (Å²) < 4.78 is 0.513. The monoisotopic (exact) mass is 132 g/mol. The van der Waals surface area contributed by atoms with Gasteiger partial charge in [-0.25, -0.2) is 10.0 Å². The highest BCUT2D eigenvalue weighted by molar-refractivity contribution is 5.72. The smallest absolute Gasteiger partial charge is 0.234 e. The van der Waals surface area contributed by atoms with Crippen molar-refractivity contribution in [2.45, 2.75) is 6.92 Å². The van der Waals surface area contributed by atoms with Crippen LogP contribution in [0.15, 0.2) is 0 Å². The van der Waals surface area contributed by atoms with E-state index in [1.54, 1.807) is 0 Å². The second-order valence-electron chi connectivity index (χ2n) is 2.81. The van der Waals surface area contributed by atoms with Gasteiger partial charge >= 0.3 is 0 Å². The molecule has 0 saturated carbocycles. The van der Waals surface area contributed by atoms with E-state index in [9.17, 15) is 4.79 Å². The summed E-state index contributed by atoms with van der Waals surface area (Å²) in [6, 6.07) is 0. The summed E-state index contributed by atoms with van der Waals surface area (Å²) in [6.07, 6.45) is 0. The lowest BCUT2D eigenvalue weighted by atomic mass is 10.8. The zero-order chi connectivity index (χ0) is 7.49. The topological polar surface area (TPSA) is 41.1 Å². The molecule has 0 aliphatic carbocycles. The van der Waals surface area contributed by atoms with E-state index in [0.717, 1.165) is 0 Å². The number of rotatable bonds is 2. The Morgan fingerprint density at radius 1 is 1.33 bits per heavy atom. The molecule has 0 unspecified atom stereocenters. The number of hydrazine groups is 1. The van der Waals surface area contributed by atoms with Crippen LogP contribution in [0.3, 0.4) is 0 Å². The Labute approximate surface area is 55.4 Å². The largest absolute Gasteiger partial charge is 0.274 e. The fourth-order valence-corrected chi connectivity index (χ4v) is 0.246. The Hall–Kier alpha value is -0.610. The summed E-state index contributed by atoms with van der Waals surface area (Å²) in [5.74, 6) is -0.0805. The standard InChI is InChI=1S/C5H13N3O/c1-5(9)6-7-8(2,3)4/h7H,1-4H3/p+1. The Balaban J connectivity index is 3.39. The van der Waals surface area contributed by atoms with Crippen LogP contribution < -0.4 is 11.0 Å². The van der Waals surface area contributed by atoms with Gasteiger partial charge in [0.15, 0.2) is 0 Å². The summed E-state index contributed by atoms with van der Waals surface area (Å²) in [5.41, 5.74) is 5.23. The molecule has 0 heterocycles. The van der Waals surface area contributed by atoms with Crippen molar-refractivity contribution in [3.05, 3.63) is 0 Å². The van der Waals surface area contributed by atoms with Gasteiger partial charge < -0.3 is 0 Å². The Kier molecular flexibility index (Phi) is 2.61. The third kappa shape index (κ3) is 7.39. The lowest BCUT2D eigenvalue weighted by Crippen LogP contribution is -2.56. The highest BCUT2D eigenvalue weighted by atomic mass is 16.2. The quantitative estimate of drug-likeness (QED) is 0.383. The van der Waals surface area contributed by atoms with E-state index < -0.39 is 0 Å². The van der Waals surface area contributed by atoms with E-state index in [1.165, 1.54) is 6.92 Å². The van der Waals surface area contributed by atoms with Gasteiger partial charge in [0.25, 0.3) is 0 Å². The molecule has 4 nitrogen and oxygen atoms in total. The van der Waals surface area contributed by atoms with Crippen molar-refractivity contribution < 1.29 is 9.39 Å². The lowest BCUT2D eigenvalue weighted by Gasteiger charge is -2.22. The predicted molar refractivity (Wildman–Crippen MR) is 35.0 cm³/mol. The summed E-state index contributed by atoms with van der Waals surface area (Å²) in [7, 11) is 5.74. The summed E-state index contributed by atoms with van der Waals surface area (Å²) in [6.45, 7) is 1.46. The number of carbonyl (C=O) groups excluding carboxylic acids is 1. The lowest BCUT2D eigenvalue weighted by molar-refractivity contribution is -0.919. The second kappa shape index (κ2) is 2.80. The molecular weight excluding hydrogens is 118 g/mol. The van der Waals surface area contributed by atoms with Crippen molar-refractivity contribution in [3.63, 3.8) is 0 Å². The van der Waals surface area contributed by atoms with Crippen LogP contribution in [-0.4, -0.2) is 31.6 Å². The first kappa shape index (κ1) is 8.39. The maximum Gasteiger partial charge on any atom is 0.234 e. The molecule has 0 saturated heterocycles. The minimum Gasteiger partial charge on any atom is -0.274 e. The molecular formula is C5H14N3O+. The summed E-state index contributed by atoms with van der Waals surface area (Å²) >= 11 is 0.